The smallest absolute Gasteiger partial charge is 0.242 e. The van der Waals surface area contributed by atoms with E-state index >= 15 is 0 Å². The molecule has 0 saturated carbocycles. The van der Waals surface area contributed by atoms with Gasteiger partial charge in [-0.25, -0.2) is 10.9 Å². The van der Waals surface area contributed by atoms with Gasteiger partial charge in [-0.15, -0.1) is 0 Å². The van der Waals surface area contributed by atoms with Gasteiger partial charge in [0.05, 0.1) is 24.8 Å². The Hall–Kier alpha value is -2.61. The Morgan fingerprint density at radius 1 is 1.12 bits per heavy atom. The molecule has 7 nitrogen and oxygen atoms in total. The van der Waals surface area contributed by atoms with Crippen molar-refractivity contribution in [3.63, 3.8) is 0 Å². The van der Waals surface area contributed by atoms with Gasteiger partial charge in [0, 0.05) is 24.6 Å². The van der Waals surface area contributed by atoms with E-state index in [9.17, 15) is 9.90 Å². The number of nitrogens with zero attached hydrogens (tertiary/aromatic N) is 1. The number of fused-ring (bicyclic) bond motifs is 1. The molecule has 2 aromatic rings. The van der Waals surface area contributed by atoms with E-state index in [4.69, 9.17) is 9.47 Å². The van der Waals surface area contributed by atoms with Gasteiger partial charge >= 0.3 is 0 Å². The highest BCUT2D eigenvalue weighted by Gasteiger charge is 2.56. The van der Waals surface area contributed by atoms with Crippen molar-refractivity contribution >= 4 is 5.91 Å². The van der Waals surface area contributed by atoms with Gasteiger partial charge in [-0.3, -0.25) is 4.79 Å². The summed E-state index contributed by atoms with van der Waals surface area (Å²) < 4.78 is 12.0. The number of hydrazine groups is 1. The van der Waals surface area contributed by atoms with E-state index in [1.807, 2.05) is 35.2 Å². The topological polar surface area (TPSA) is 83.1 Å². The van der Waals surface area contributed by atoms with Gasteiger partial charge in [0.25, 0.3) is 0 Å². The number of likely N-dealkylation sites (tertiary alicyclic amines) is 1. The Morgan fingerprint density at radius 3 is 2.76 bits per heavy atom. The minimum Gasteiger partial charge on any atom is -0.508 e. The molecule has 1 amide bonds. The number of phenols is 1. The van der Waals surface area contributed by atoms with Crippen molar-refractivity contribution in [1.82, 2.24) is 15.8 Å². The number of ether oxygens (including phenoxy) is 2. The summed E-state index contributed by atoms with van der Waals surface area (Å²) in [7, 11) is 0. The molecule has 3 aliphatic rings. The van der Waals surface area contributed by atoms with Crippen molar-refractivity contribution in [1.29, 1.82) is 0 Å². The normalized spacial score (nSPS) is 28.4. The zero-order chi connectivity index (χ0) is 23.5. The van der Waals surface area contributed by atoms with Crippen LogP contribution in [0.5, 0.6) is 11.5 Å². The molecule has 3 saturated heterocycles. The number of hydrogen-bond donors (Lipinski definition) is 3. The van der Waals surface area contributed by atoms with Crippen LogP contribution in [0, 0.1) is 5.92 Å². The average molecular weight is 466 g/mol. The van der Waals surface area contributed by atoms with Gasteiger partial charge in [-0.05, 0) is 43.0 Å². The molecular weight excluding hydrogens is 430 g/mol. The van der Waals surface area contributed by atoms with E-state index < -0.39 is 0 Å². The number of benzene rings is 2. The number of amides is 1. The number of rotatable bonds is 9. The van der Waals surface area contributed by atoms with Crippen LogP contribution in [0.1, 0.15) is 62.2 Å². The molecule has 0 spiro atoms. The molecule has 3 fully saturated rings. The third kappa shape index (κ3) is 4.52. The van der Waals surface area contributed by atoms with Crippen molar-refractivity contribution in [2.45, 2.75) is 63.3 Å². The van der Waals surface area contributed by atoms with Crippen molar-refractivity contribution in [3.05, 3.63) is 59.7 Å². The van der Waals surface area contributed by atoms with E-state index in [0.717, 1.165) is 55.6 Å². The van der Waals surface area contributed by atoms with Crippen LogP contribution in [0.2, 0.25) is 0 Å². The zero-order valence-corrected chi connectivity index (χ0v) is 19.8. The first kappa shape index (κ1) is 23.1. The summed E-state index contributed by atoms with van der Waals surface area (Å²) in [5, 5.41) is 10.6. The lowest BCUT2D eigenvalue weighted by atomic mass is 9.83. The molecule has 2 aromatic carbocycles. The third-order valence-corrected chi connectivity index (χ3v) is 7.33. The number of para-hydroxylation sites is 1. The molecule has 0 radical (unpaired) electrons. The van der Waals surface area contributed by atoms with Gasteiger partial charge < -0.3 is 19.5 Å². The molecular formula is C27H35N3O4. The first-order chi connectivity index (χ1) is 16.7. The predicted molar refractivity (Wildman–Crippen MR) is 129 cm³/mol. The molecule has 7 heteroatoms. The quantitative estimate of drug-likeness (QED) is 0.488. The Kier molecular flexibility index (Phi) is 7.04. The molecule has 0 aromatic heterocycles. The van der Waals surface area contributed by atoms with Crippen LogP contribution in [0.4, 0.5) is 0 Å². The number of hydrogen-bond acceptors (Lipinski definition) is 6. The summed E-state index contributed by atoms with van der Waals surface area (Å²) in [5.74, 6) is 1.06. The molecule has 5 atom stereocenters. The number of nitrogens with one attached hydrogen (secondary N) is 2. The predicted octanol–water partition coefficient (Wildman–Crippen LogP) is 3.86. The highest BCUT2D eigenvalue weighted by Crippen LogP contribution is 2.49. The number of unbranched alkanes of at least 4 members (excludes halogenated alkanes) is 2. The highest BCUT2D eigenvalue weighted by atomic mass is 16.5. The number of carbonyl (C=O) groups is 1. The van der Waals surface area contributed by atoms with Crippen LogP contribution in [0.15, 0.2) is 48.5 Å². The second kappa shape index (κ2) is 10.3. The Bertz CT molecular complexity index is 993. The number of aromatic hydroxyl groups is 1. The molecule has 0 bridgehead atoms. The summed E-state index contributed by atoms with van der Waals surface area (Å²) in [6.45, 7) is 4.20. The van der Waals surface area contributed by atoms with Gasteiger partial charge in [0.1, 0.15) is 17.5 Å². The van der Waals surface area contributed by atoms with E-state index in [1.54, 1.807) is 6.07 Å². The largest absolute Gasteiger partial charge is 0.508 e. The summed E-state index contributed by atoms with van der Waals surface area (Å²) in [5.41, 5.74) is 8.39. The highest BCUT2D eigenvalue weighted by molar-refractivity contribution is 5.86. The van der Waals surface area contributed by atoms with Crippen molar-refractivity contribution in [2.24, 2.45) is 5.92 Å². The third-order valence-electron chi connectivity index (χ3n) is 7.33. The Morgan fingerprint density at radius 2 is 1.97 bits per heavy atom. The summed E-state index contributed by atoms with van der Waals surface area (Å²) in [6.07, 6.45) is 5.40. The van der Waals surface area contributed by atoms with E-state index in [1.165, 1.54) is 0 Å². The molecule has 182 valence electrons. The lowest BCUT2D eigenvalue weighted by Gasteiger charge is -2.33. The first-order valence-electron chi connectivity index (χ1n) is 12.6. The lowest BCUT2D eigenvalue weighted by Crippen LogP contribution is -2.43. The van der Waals surface area contributed by atoms with Crippen molar-refractivity contribution in [3.8, 4) is 11.5 Å². The summed E-state index contributed by atoms with van der Waals surface area (Å²) in [4.78, 5) is 15.6. The SMILES string of the molecule is CCCCCOc1cccc(C2C3C(NNC3c3ccccc3O)C(=O)N2CC2CCCO2)c1. The second-order valence-electron chi connectivity index (χ2n) is 9.58. The summed E-state index contributed by atoms with van der Waals surface area (Å²) >= 11 is 0. The molecule has 3 heterocycles. The maximum absolute atomic E-state index is 13.6. The van der Waals surface area contributed by atoms with E-state index in [0.29, 0.717) is 13.2 Å². The maximum Gasteiger partial charge on any atom is 0.242 e. The van der Waals surface area contributed by atoms with Gasteiger partial charge in [0.2, 0.25) is 5.91 Å². The first-order valence-corrected chi connectivity index (χ1v) is 12.6. The fourth-order valence-electron chi connectivity index (χ4n) is 5.66. The monoisotopic (exact) mass is 465 g/mol. The van der Waals surface area contributed by atoms with Crippen LogP contribution < -0.4 is 15.6 Å². The average Bonchev–Trinajstić information content (AvgIpc) is 3.57. The van der Waals surface area contributed by atoms with Crippen molar-refractivity contribution in [2.75, 3.05) is 19.8 Å². The van der Waals surface area contributed by atoms with Crippen LogP contribution >= 0.6 is 0 Å². The van der Waals surface area contributed by atoms with Gasteiger partial charge in [0.15, 0.2) is 0 Å². The number of phenolic OH excluding ortho intramolecular Hbond substituents is 1. The second-order valence-corrected chi connectivity index (χ2v) is 9.58. The van der Waals surface area contributed by atoms with Crippen LogP contribution in [-0.2, 0) is 9.53 Å². The Labute approximate surface area is 201 Å². The van der Waals surface area contributed by atoms with Gasteiger partial charge in [-0.1, -0.05) is 50.1 Å². The number of carbonyl (C=O) groups excluding carboxylic acids is 1. The van der Waals surface area contributed by atoms with E-state index in [-0.39, 0.29) is 41.8 Å². The van der Waals surface area contributed by atoms with Crippen LogP contribution in [0.3, 0.4) is 0 Å². The van der Waals surface area contributed by atoms with Crippen LogP contribution in [-0.4, -0.2) is 47.8 Å². The molecule has 34 heavy (non-hydrogen) atoms. The minimum atomic E-state index is -0.370. The fourth-order valence-corrected chi connectivity index (χ4v) is 5.66. The zero-order valence-electron chi connectivity index (χ0n) is 19.8. The lowest BCUT2D eigenvalue weighted by molar-refractivity contribution is -0.132. The fraction of sp³-hybridized carbons (Fsp3) is 0.519. The van der Waals surface area contributed by atoms with Crippen molar-refractivity contribution < 1.29 is 19.4 Å². The molecule has 5 unspecified atom stereocenters. The van der Waals surface area contributed by atoms with Crippen LogP contribution in [0.25, 0.3) is 0 Å². The van der Waals surface area contributed by atoms with E-state index in [2.05, 4.69) is 29.9 Å². The van der Waals surface area contributed by atoms with Gasteiger partial charge in [-0.2, -0.15) is 0 Å². The minimum absolute atomic E-state index is 0.0651. The Balaban J connectivity index is 1.47. The summed E-state index contributed by atoms with van der Waals surface area (Å²) in [6, 6.07) is 14.8. The molecule has 3 aliphatic heterocycles. The standard InChI is InChI=1S/C27H35N3O4/c1-2-3-6-14-33-19-10-7-9-18(16-19)26-23-24(21-12-4-5-13-22(21)31)28-29-25(23)27(32)30(26)17-20-11-8-15-34-20/h4-5,7,9-10,12-13,16,20,23-26,28-29,31H,2-3,6,8,11,14-15,17H2,1H3. The molecule has 0 aliphatic carbocycles. The maximum atomic E-state index is 13.6. The molecule has 3 N–H and O–H groups in total. The molecule has 5 rings (SSSR count).